The van der Waals surface area contributed by atoms with Gasteiger partial charge in [-0.3, -0.25) is 14.6 Å². The maximum absolute atomic E-state index is 12.7. The molecule has 1 aliphatic heterocycles. The molecule has 2 aromatic carbocycles. The molecule has 0 spiro atoms. The van der Waals surface area contributed by atoms with Gasteiger partial charge in [0.15, 0.2) is 0 Å². The first-order chi connectivity index (χ1) is 12.9. The third-order valence-corrected chi connectivity index (χ3v) is 4.75. The average molecular weight is 409 g/mol. The number of benzene rings is 2. The molecule has 1 N–H and O–H groups in total. The van der Waals surface area contributed by atoms with Crippen LogP contribution in [0.4, 0.5) is 10.5 Å². The summed E-state index contributed by atoms with van der Waals surface area (Å²) in [7, 11) is 0. The highest BCUT2D eigenvalue weighted by Crippen LogP contribution is 2.28. The summed E-state index contributed by atoms with van der Waals surface area (Å²) in [6, 6.07) is 12.5. The van der Waals surface area contributed by atoms with Crippen molar-refractivity contribution in [3.05, 3.63) is 58.6 Å². The van der Waals surface area contributed by atoms with Crippen LogP contribution in [-0.4, -0.2) is 47.2 Å². The van der Waals surface area contributed by atoms with Crippen molar-refractivity contribution in [3.63, 3.8) is 0 Å². The van der Waals surface area contributed by atoms with Gasteiger partial charge >= 0.3 is 6.03 Å². The van der Waals surface area contributed by atoms with Crippen LogP contribution in [0.2, 0.25) is 10.0 Å². The molecular weight excluding hydrogens is 391 g/mol. The van der Waals surface area contributed by atoms with Gasteiger partial charge in [0.05, 0.1) is 11.6 Å². The fraction of sp³-hybridized carbons (Fsp3) is 0.263. The molecule has 1 fully saturated rings. The second-order valence-corrected chi connectivity index (χ2v) is 7.00. The molecule has 0 unspecified atom stereocenters. The lowest BCUT2D eigenvalue weighted by molar-refractivity contribution is -0.128. The highest BCUT2D eigenvalue weighted by atomic mass is 35.5. The van der Waals surface area contributed by atoms with Crippen molar-refractivity contribution in [2.24, 2.45) is 0 Å². The normalized spacial score (nSPS) is 18.1. The number of para-hydroxylation sites is 1. The van der Waals surface area contributed by atoms with Crippen molar-refractivity contribution in [2.45, 2.75) is 19.1 Å². The lowest BCUT2D eigenvalue weighted by Crippen LogP contribution is -2.40. The summed E-state index contributed by atoms with van der Waals surface area (Å²) < 4.78 is 5.47. The topological polar surface area (TPSA) is 70.1 Å². The Labute approximate surface area is 166 Å². The van der Waals surface area contributed by atoms with Crippen LogP contribution in [0.15, 0.2) is 48.5 Å². The first-order valence-corrected chi connectivity index (χ1v) is 9.09. The van der Waals surface area contributed by atoms with Crippen LogP contribution in [0, 0.1) is 0 Å². The third-order valence-electron chi connectivity index (χ3n) is 4.20. The maximum Gasteiger partial charge on any atom is 0.332 e. The van der Waals surface area contributed by atoms with Crippen molar-refractivity contribution in [3.8, 4) is 5.75 Å². The van der Waals surface area contributed by atoms with Crippen LogP contribution < -0.4 is 9.64 Å². The number of hydrogen-bond acceptors (Lipinski definition) is 4. The van der Waals surface area contributed by atoms with E-state index in [9.17, 15) is 14.7 Å². The van der Waals surface area contributed by atoms with Gasteiger partial charge in [-0.25, -0.2) is 4.79 Å². The van der Waals surface area contributed by atoms with Gasteiger partial charge < -0.3 is 9.84 Å². The summed E-state index contributed by atoms with van der Waals surface area (Å²) in [5.41, 5.74) is 0.627. The predicted molar refractivity (Wildman–Crippen MR) is 103 cm³/mol. The van der Waals surface area contributed by atoms with Gasteiger partial charge in [-0.2, -0.15) is 0 Å². The molecule has 0 aliphatic carbocycles. The predicted octanol–water partition coefficient (Wildman–Crippen LogP) is 3.59. The second-order valence-electron chi connectivity index (χ2n) is 6.15. The highest BCUT2D eigenvalue weighted by molar-refractivity contribution is 6.34. The van der Waals surface area contributed by atoms with E-state index in [0.29, 0.717) is 21.5 Å². The zero-order valence-electron chi connectivity index (χ0n) is 14.5. The van der Waals surface area contributed by atoms with Gasteiger partial charge in [0, 0.05) is 16.8 Å². The first-order valence-electron chi connectivity index (χ1n) is 8.34. The number of anilines is 1. The van der Waals surface area contributed by atoms with E-state index in [-0.39, 0.29) is 19.1 Å². The zero-order chi connectivity index (χ0) is 19.6. The number of rotatable bonds is 6. The third kappa shape index (κ3) is 4.18. The average Bonchev–Trinajstić information content (AvgIpc) is 2.86. The minimum Gasteiger partial charge on any atom is -0.489 e. The number of β-amino-alcohol motifs (C(OH)–C–C–N with tert-alkyl or cyclic N) is 1. The lowest BCUT2D eigenvalue weighted by Gasteiger charge is -2.20. The molecule has 8 heteroatoms. The Morgan fingerprint density at radius 2 is 1.85 bits per heavy atom. The Bertz CT molecular complexity index is 847. The molecule has 142 valence electrons. The van der Waals surface area contributed by atoms with E-state index in [1.54, 1.807) is 43.3 Å². The van der Waals surface area contributed by atoms with E-state index in [0.717, 1.165) is 4.90 Å². The Hall–Kier alpha value is -2.28. The maximum atomic E-state index is 12.7. The number of halogens is 2. The van der Waals surface area contributed by atoms with Gasteiger partial charge in [-0.15, -0.1) is 0 Å². The van der Waals surface area contributed by atoms with Gasteiger partial charge in [-0.1, -0.05) is 41.4 Å². The SMILES string of the molecule is C[C@@H]1C(=O)N(C[C@H](O)COc2cc(Cl)ccc2Cl)C(=O)N1c1ccccc1. The fourth-order valence-electron chi connectivity index (χ4n) is 2.85. The molecule has 2 aromatic rings. The molecule has 0 radical (unpaired) electrons. The molecule has 0 aromatic heterocycles. The number of aliphatic hydroxyl groups excluding tert-OH is 1. The van der Waals surface area contributed by atoms with Crippen LogP contribution in [0.1, 0.15) is 6.92 Å². The monoisotopic (exact) mass is 408 g/mol. The highest BCUT2D eigenvalue weighted by Gasteiger charge is 2.43. The minimum atomic E-state index is -1.07. The van der Waals surface area contributed by atoms with E-state index in [4.69, 9.17) is 27.9 Å². The molecule has 3 rings (SSSR count). The number of hydrogen-bond donors (Lipinski definition) is 1. The Kier molecular flexibility index (Phi) is 5.89. The molecule has 1 aliphatic rings. The van der Waals surface area contributed by atoms with Gasteiger partial charge in [-0.05, 0) is 31.2 Å². The number of amides is 3. The number of ether oxygens (including phenoxy) is 1. The largest absolute Gasteiger partial charge is 0.489 e. The Morgan fingerprint density at radius 1 is 1.15 bits per heavy atom. The van der Waals surface area contributed by atoms with Crippen molar-refractivity contribution in [2.75, 3.05) is 18.1 Å². The van der Waals surface area contributed by atoms with Gasteiger partial charge in [0.2, 0.25) is 0 Å². The quantitative estimate of drug-likeness (QED) is 0.741. The molecule has 27 heavy (non-hydrogen) atoms. The van der Waals surface area contributed by atoms with E-state index in [1.165, 1.54) is 11.0 Å². The summed E-state index contributed by atoms with van der Waals surface area (Å²) in [5, 5.41) is 11.0. The molecule has 3 amide bonds. The number of carbonyl (C=O) groups is 2. The summed E-state index contributed by atoms with van der Waals surface area (Å²) in [6.07, 6.45) is -1.07. The summed E-state index contributed by atoms with van der Waals surface area (Å²) in [6.45, 7) is 1.34. The van der Waals surface area contributed by atoms with Crippen molar-refractivity contribution < 1.29 is 19.4 Å². The number of urea groups is 1. The fourth-order valence-corrected chi connectivity index (χ4v) is 3.19. The lowest BCUT2D eigenvalue weighted by atomic mass is 10.2. The minimum absolute atomic E-state index is 0.142. The van der Waals surface area contributed by atoms with Gasteiger partial charge in [0.25, 0.3) is 5.91 Å². The number of carbonyl (C=O) groups excluding carboxylic acids is 2. The van der Waals surface area contributed by atoms with Crippen molar-refractivity contribution in [1.82, 2.24) is 4.90 Å². The first kappa shape index (κ1) is 19.5. The van der Waals surface area contributed by atoms with Crippen LogP contribution >= 0.6 is 23.2 Å². The number of nitrogens with zero attached hydrogens (tertiary/aromatic N) is 2. The van der Waals surface area contributed by atoms with Gasteiger partial charge in [0.1, 0.15) is 24.5 Å². The molecule has 1 heterocycles. The number of aliphatic hydroxyl groups is 1. The summed E-state index contributed by atoms with van der Waals surface area (Å²) in [4.78, 5) is 27.6. The molecule has 1 saturated heterocycles. The smallest absolute Gasteiger partial charge is 0.332 e. The Morgan fingerprint density at radius 3 is 2.56 bits per heavy atom. The van der Waals surface area contributed by atoms with Crippen molar-refractivity contribution in [1.29, 1.82) is 0 Å². The Balaban J connectivity index is 1.65. The summed E-state index contributed by atoms with van der Waals surface area (Å²) in [5.74, 6) is -0.0507. The standard InChI is InChI=1S/C19H18Cl2N2O4/c1-12-18(25)22(19(26)23(12)14-5-3-2-4-6-14)10-15(24)11-27-17-9-13(20)7-8-16(17)21/h2-9,12,15,24H,10-11H2,1H3/t12-,15+/m1/s1. The summed E-state index contributed by atoms with van der Waals surface area (Å²) >= 11 is 11.9. The van der Waals surface area contributed by atoms with Crippen LogP contribution in [-0.2, 0) is 4.79 Å². The molecule has 0 saturated carbocycles. The van der Waals surface area contributed by atoms with E-state index in [1.807, 2.05) is 6.07 Å². The van der Waals surface area contributed by atoms with E-state index < -0.39 is 18.2 Å². The molecule has 6 nitrogen and oxygen atoms in total. The van der Waals surface area contributed by atoms with Crippen LogP contribution in [0.3, 0.4) is 0 Å². The number of imide groups is 1. The second kappa shape index (κ2) is 8.17. The van der Waals surface area contributed by atoms with E-state index in [2.05, 4.69) is 0 Å². The van der Waals surface area contributed by atoms with Crippen molar-refractivity contribution >= 4 is 40.8 Å². The zero-order valence-corrected chi connectivity index (χ0v) is 16.0. The molecular formula is C19H18Cl2N2O4. The van der Waals surface area contributed by atoms with E-state index >= 15 is 0 Å². The van der Waals surface area contributed by atoms with Crippen LogP contribution in [0.25, 0.3) is 0 Å². The molecule has 2 atom stereocenters. The van der Waals surface area contributed by atoms with Crippen LogP contribution in [0.5, 0.6) is 5.75 Å². The molecule has 0 bridgehead atoms.